The molecule has 4 heteroatoms. The van der Waals surface area contributed by atoms with Crippen LogP contribution in [0.15, 0.2) is 0 Å². The number of amides is 1. The maximum atomic E-state index is 12.4. The molecule has 1 amide bonds. The Kier molecular flexibility index (Phi) is 4.40. The highest BCUT2D eigenvalue weighted by Crippen LogP contribution is 2.26. The van der Waals surface area contributed by atoms with Gasteiger partial charge in [0.05, 0.1) is 6.61 Å². The number of nitrogens with zero attached hydrogens (tertiary/aromatic N) is 1. The molecule has 2 heterocycles. The fraction of sp³-hybridized carbons (Fsp3) is 0.923. The lowest BCUT2D eigenvalue weighted by atomic mass is 9.97. The predicted molar refractivity (Wildman–Crippen MR) is 66.7 cm³/mol. The molecular weight excluding hydrogens is 216 g/mol. The molecule has 0 aromatic carbocycles. The van der Waals surface area contributed by atoms with Crippen molar-refractivity contribution >= 4 is 5.91 Å². The third-order valence-electron chi connectivity index (χ3n) is 4.15. The number of ether oxygens (including phenoxy) is 1. The molecule has 17 heavy (non-hydrogen) atoms. The summed E-state index contributed by atoms with van der Waals surface area (Å²) in [4.78, 5) is 14.4. The van der Waals surface area contributed by atoms with Gasteiger partial charge in [-0.05, 0) is 31.8 Å². The summed E-state index contributed by atoms with van der Waals surface area (Å²) in [6.07, 6.45) is 2.00. The van der Waals surface area contributed by atoms with E-state index in [1.165, 1.54) is 0 Å². The number of methoxy groups -OCH3 is 1. The number of piperidine rings is 1. The summed E-state index contributed by atoms with van der Waals surface area (Å²) in [5, 5.41) is 3.31. The summed E-state index contributed by atoms with van der Waals surface area (Å²) in [7, 11) is 1.74. The summed E-state index contributed by atoms with van der Waals surface area (Å²) >= 11 is 0. The van der Waals surface area contributed by atoms with Crippen LogP contribution < -0.4 is 5.32 Å². The molecule has 0 radical (unpaired) electrons. The molecule has 2 atom stereocenters. The van der Waals surface area contributed by atoms with Crippen LogP contribution in [-0.2, 0) is 9.53 Å². The smallest absolute Gasteiger partial charge is 0.225 e. The number of carbonyl (C=O) groups excluding carboxylic acids is 1. The third kappa shape index (κ3) is 2.99. The molecule has 0 aromatic rings. The van der Waals surface area contributed by atoms with Crippen LogP contribution in [0.1, 0.15) is 19.8 Å². The fourth-order valence-electron chi connectivity index (χ4n) is 2.97. The minimum atomic E-state index is 0.254. The van der Waals surface area contributed by atoms with E-state index in [9.17, 15) is 4.79 Å². The molecule has 0 aliphatic carbocycles. The first kappa shape index (κ1) is 12.8. The average Bonchev–Trinajstić information content (AvgIpc) is 2.72. The van der Waals surface area contributed by atoms with Gasteiger partial charge >= 0.3 is 0 Å². The van der Waals surface area contributed by atoms with E-state index in [1.807, 2.05) is 0 Å². The summed E-state index contributed by atoms with van der Waals surface area (Å²) in [5.41, 5.74) is 0. The van der Waals surface area contributed by atoms with Gasteiger partial charge in [-0.3, -0.25) is 4.79 Å². The molecule has 2 aliphatic rings. The molecule has 2 fully saturated rings. The van der Waals surface area contributed by atoms with Gasteiger partial charge in [0.25, 0.3) is 0 Å². The standard InChI is InChI=1S/C13H24N2O2/c1-10-7-15(8-12(10)9-17-2)13(16)11-3-5-14-6-4-11/h10-12,14H,3-9H2,1-2H3/t10-,12+/m0/s1. The van der Waals surface area contributed by atoms with Crippen LogP contribution in [0.4, 0.5) is 0 Å². The van der Waals surface area contributed by atoms with Gasteiger partial charge in [0.15, 0.2) is 0 Å². The van der Waals surface area contributed by atoms with E-state index in [4.69, 9.17) is 4.74 Å². The first-order chi connectivity index (χ1) is 8.22. The minimum Gasteiger partial charge on any atom is -0.384 e. The molecule has 2 rings (SSSR count). The van der Waals surface area contributed by atoms with E-state index in [1.54, 1.807) is 7.11 Å². The van der Waals surface area contributed by atoms with Crippen LogP contribution in [0.2, 0.25) is 0 Å². The second kappa shape index (κ2) is 5.83. The minimum absolute atomic E-state index is 0.254. The molecule has 4 nitrogen and oxygen atoms in total. The van der Waals surface area contributed by atoms with Gasteiger partial charge in [-0.15, -0.1) is 0 Å². The maximum Gasteiger partial charge on any atom is 0.225 e. The molecule has 0 aromatic heterocycles. The van der Waals surface area contributed by atoms with Crippen molar-refractivity contribution in [1.82, 2.24) is 10.2 Å². The average molecular weight is 240 g/mol. The van der Waals surface area contributed by atoms with Gasteiger partial charge < -0.3 is 15.0 Å². The molecular formula is C13H24N2O2. The normalized spacial score (nSPS) is 30.8. The van der Waals surface area contributed by atoms with Crippen LogP contribution in [0.25, 0.3) is 0 Å². The molecule has 98 valence electrons. The Balaban J connectivity index is 1.88. The van der Waals surface area contributed by atoms with Crippen molar-refractivity contribution in [2.75, 3.05) is 39.9 Å². The predicted octanol–water partition coefficient (Wildman–Crippen LogP) is 0.727. The summed E-state index contributed by atoms with van der Waals surface area (Å²) < 4.78 is 5.22. The largest absolute Gasteiger partial charge is 0.384 e. The second-order valence-electron chi connectivity index (χ2n) is 5.46. The number of hydrogen-bond acceptors (Lipinski definition) is 3. The summed E-state index contributed by atoms with van der Waals surface area (Å²) in [6, 6.07) is 0. The molecule has 0 saturated carbocycles. The van der Waals surface area contributed by atoms with Gasteiger partial charge in [0.1, 0.15) is 0 Å². The van der Waals surface area contributed by atoms with Crippen LogP contribution in [-0.4, -0.2) is 50.7 Å². The van der Waals surface area contributed by atoms with Crippen LogP contribution in [0.3, 0.4) is 0 Å². The Morgan fingerprint density at radius 2 is 2.06 bits per heavy atom. The highest BCUT2D eigenvalue weighted by atomic mass is 16.5. The molecule has 2 aliphatic heterocycles. The number of rotatable bonds is 3. The van der Waals surface area contributed by atoms with E-state index >= 15 is 0 Å². The summed E-state index contributed by atoms with van der Waals surface area (Å²) in [5.74, 6) is 1.72. The molecule has 2 saturated heterocycles. The van der Waals surface area contributed by atoms with Gasteiger partial charge in [0, 0.05) is 32.0 Å². The Morgan fingerprint density at radius 3 is 2.71 bits per heavy atom. The first-order valence-electron chi connectivity index (χ1n) is 6.70. The van der Waals surface area contributed by atoms with Crippen molar-refractivity contribution in [2.45, 2.75) is 19.8 Å². The van der Waals surface area contributed by atoms with Gasteiger partial charge in [-0.1, -0.05) is 6.92 Å². The Bertz CT molecular complexity index is 264. The highest BCUT2D eigenvalue weighted by molar-refractivity contribution is 5.79. The topological polar surface area (TPSA) is 41.6 Å². The van der Waals surface area contributed by atoms with Crippen LogP contribution in [0.5, 0.6) is 0 Å². The van der Waals surface area contributed by atoms with Crippen molar-refractivity contribution in [3.63, 3.8) is 0 Å². The number of nitrogens with one attached hydrogen (secondary N) is 1. The number of carbonyl (C=O) groups is 1. The van der Waals surface area contributed by atoms with Crippen molar-refractivity contribution in [1.29, 1.82) is 0 Å². The molecule has 0 unspecified atom stereocenters. The highest BCUT2D eigenvalue weighted by Gasteiger charge is 2.35. The Labute approximate surface area is 104 Å². The van der Waals surface area contributed by atoms with Crippen LogP contribution in [0, 0.1) is 17.8 Å². The zero-order valence-electron chi connectivity index (χ0n) is 10.9. The van der Waals surface area contributed by atoms with E-state index in [0.29, 0.717) is 17.7 Å². The van der Waals surface area contributed by atoms with Crippen molar-refractivity contribution in [3.05, 3.63) is 0 Å². The van der Waals surface area contributed by atoms with Gasteiger partial charge in [-0.25, -0.2) is 0 Å². The SMILES string of the molecule is COC[C@H]1CN(C(=O)C2CCNCC2)C[C@@H]1C. The van der Waals surface area contributed by atoms with Crippen molar-refractivity contribution in [2.24, 2.45) is 17.8 Å². The van der Waals surface area contributed by atoms with Gasteiger partial charge in [-0.2, -0.15) is 0 Å². The molecule has 0 spiro atoms. The lowest BCUT2D eigenvalue weighted by Crippen LogP contribution is -2.40. The van der Waals surface area contributed by atoms with Crippen LogP contribution >= 0.6 is 0 Å². The second-order valence-corrected chi connectivity index (χ2v) is 5.46. The Hall–Kier alpha value is -0.610. The Morgan fingerprint density at radius 1 is 1.35 bits per heavy atom. The number of likely N-dealkylation sites (tertiary alicyclic amines) is 1. The lowest BCUT2D eigenvalue weighted by Gasteiger charge is -2.26. The van der Waals surface area contributed by atoms with E-state index < -0.39 is 0 Å². The van der Waals surface area contributed by atoms with Crippen molar-refractivity contribution < 1.29 is 9.53 Å². The fourth-order valence-corrected chi connectivity index (χ4v) is 2.97. The monoisotopic (exact) mass is 240 g/mol. The third-order valence-corrected chi connectivity index (χ3v) is 4.15. The van der Waals surface area contributed by atoms with Gasteiger partial charge in [0.2, 0.25) is 5.91 Å². The zero-order valence-corrected chi connectivity index (χ0v) is 10.9. The number of hydrogen-bond donors (Lipinski definition) is 1. The van der Waals surface area contributed by atoms with E-state index in [0.717, 1.165) is 45.6 Å². The molecule has 0 bridgehead atoms. The maximum absolute atomic E-state index is 12.4. The van der Waals surface area contributed by atoms with E-state index in [-0.39, 0.29) is 5.92 Å². The molecule has 1 N–H and O–H groups in total. The van der Waals surface area contributed by atoms with E-state index in [2.05, 4.69) is 17.1 Å². The van der Waals surface area contributed by atoms with Crippen molar-refractivity contribution in [3.8, 4) is 0 Å². The first-order valence-corrected chi connectivity index (χ1v) is 6.70. The summed E-state index contributed by atoms with van der Waals surface area (Å²) in [6.45, 7) is 6.77. The lowest BCUT2D eigenvalue weighted by molar-refractivity contribution is -0.135. The zero-order chi connectivity index (χ0) is 12.3. The quantitative estimate of drug-likeness (QED) is 0.790.